The summed E-state index contributed by atoms with van der Waals surface area (Å²) in [4.78, 5) is 13.4. The number of hydrogen-bond acceptors (Lipinski definition) is 4. The zero-order valence-electron chi connectivity index (χ0n) is 10.8. The Hall–Kier alpha value is -0.870. The van der Waals surface area contributed by atoms with Crippen molar-refractivity contribution < 1.29 is 0 Å². The summed E-state index contributed by atoms with van der Waals surface area (Å²) in [6.45, 7) is 6.14. The van der Waals surface area contributed by atoms with Gasteiger partial charge in [0.2, 0.25) is 0 Å². The molecule has 0 aliphatic heterocycles. The van der Waals surface area contributed by atoms with Crippen molar-refractivity contribution in [2.45, 2.75) is 26.7 Å². The molecule has 0 radical (unpaired) electrons. The Labute approximate surface area is 117 Å². The Bertz CT molecular complexity index is 512. The molecule has 0 aliphatic rings. The van der Waals surface area contributed by atoms with E-state index in [1.165, 1.54) is 11.3 Å². The van der Waals surface area contributed by atoms with E-state index < -0.39 is 0 Å². The number of rotatable bonds is 6. The lowest BCUT2D eigenvalue weighted by Gasteiger charge is -2.22. The van der Waals surface area contributed by atoms with Crippen LogP contribution in [0.2, 0.25) is 0 Å². The maximum Gasteiger partial charge on any atom is 0.140 e. The first-order valence-electron chi connectivity index (χ1n) is 6.28. The van der Waals surface area contributed by atoms with E-state index in [0.29, 0.717) is 5.88 Å². The molecule has 5 heteroatoms. The summed E-state index contributed by atoms with van der Waals surface area (Å²) in [5, 5.41) is 1.15. The fraction of sp³-hybridized carbons (Fsp3) is 0.538. The van der Waals surface area contributed by atoms with E-state index in [1.54, 1.807) is 17.7 Å². The van der Waals surface area contributed by atoms with Crippen molar-refractivity contribution in [1.29, 1.82) is 0 Å². The van der Waals surface area contributed by atoms with Crippen LogP contribution in [0.25, 0.3) is 10.2 Å². The van der Waals surface area contributed by atoms with Gasteiger partial charge in [-0.15, -0.1) is 22.9 Å². The van der Waals surface area contributed by atoms with Gasteiger partial charge in [-0.25, -0.2) is 9.97 Å². The average molecular weight is 284 g/mol. The topological polar surface area (TPSA) is 29.0 Å². The smallest absolute Gasteiger partial charge is 0.140 e. The molecule has 0 bridgehead atoms. The molecule has 2 aromatic rings. The molecule has 2 aromatic heterocycles. The summed E-state index contributed by atoms with van der Waals surface area (Å²) >= 11 is 7.61. The number of hydrogen-bond donors (Lipinski definition) is 0. The van der Waals surface area contributed by atoms with Crippen LogP contribution in [0, 0.1) is 6.92 Å². The van der Waals surface area contributed by atoms with Gasteiger partial charge in [0, 0.05) is 23.8 Å². The molecule has 3 nitrogen and oxygen atoms in total. The molecule has 0 fully saturated rings. The molecule has 0 aliphatic carbocycles. The standard InChI is InChI=1S/C13H18ClN3S/c1-3-4-6-17(7-5-14)12-11-8-10(2)18-13(11)16-9-15-12/h8-9H,3-7H2,1-2H3. The Kier molecular flexibility index (Phi) is 4.78. The first-order valence-corrected chi connectivity index (χ1v) is 7.63. The van der Waals surface area contributed by atoms with Gasteiger partial charge >= 0.3 is 0 Å². The van der Waals surface area contributed by atoms with E-state index in [0.717, 1.165) is 35.5 Å². The van der Waals surface area contributed by atoms with Gasteiger partial charge in [-0.05, 0) is 19.4 Å². The minimum Gasteiger partial charge on any atom is -0.355 e. The van der Waals surface area contributed by atoms with Crippen LogP contribution in [-0.4, -0.2) is 28.9 Å². The van der Waals surface area contributed by atoms with Gasteiger partial charge in [-0.2, -0.15) is 0 Å². The number of thiophene rings is 1. The number of aryl methyl sites for hydroxylation is 1. The van der Waals surface area contributed by atoms with Crippen molar-refractivity contribution in [1.82, 2.24) is 9.97 Å². The highest BCUT2D eigenvalue weighted by atomic mass is 35.5. The van der Waals surface area contributed by atoms with Gasteiger partial charge in [-0.3, -0.25) is 0 Å². The number of anilines is 1. The van der Waals surface area contributed by atoms with E-state index >= 15 is 0 Å². The SMILES string of the molecule is CCCCN(CCCl)c1ncnc2sc(C)cc12. The molecule has 0 saturated carbocycles. The molecular weight excluding hydrogens is 266 g/mol. The molecule has 0 aromatic carbocycles. The Morgan fingerprint density at radius 3 is 2.89 bits per heavy atom. The van der Waals surface area contributed by atoms with Crippen LogP contribution in [0.5, 0.6) is 0 Å². The largest absolute Gasteiger partial charge is 0.355 e. The van der Waals surface area contributed by atoms with Crippen LogP contribution < -0.4 is 4.90 Å². The predicted molar refractivity (Wildman–Crippen MR) is 80.0 cm³/mol. The summed E-state index contributed by atoms with van der Waals surface area (Å²) in [5.41, 5.74) is 0. The van der Waals surface area contributed by atoms with Crippen molar-refractivity contribution in [2.24, 2.45) is 0 Å². The molecule has 0 unspecified atom stereocenters. The highest BCUT2D eigenvalue weighted by Crippen LogP contribution is 2.29. The first kappa shape index (κ1) is 13.6. The van der Waals surface area contributed by atoms with Crippen molar-refractivity contribution >= 4 is 39.0 Å². The molecule has 0 spiro atoms. The Balaban J connectivity index is 2.36. The molecule has 98 valence electrons. The van der Waals surface area contributed by atoms with Gasteiger partial charge < -0.3 is 4.90 Å². The fourth-order valence-corrected chi connectivity index (χ4v) is 3.04. The minimum absolute atomic E-state index is 0.623. The second-order valence-corrected chi connectivity index (χ2v) is 5.92. The quantitative estimate of drug-likeness (QED) is 0.754. The lowest BCUT2D eigenvalue weighted by molar-refractivity contribution is 0.727. The predicted octanol–water partition coefficient (Wildman–Crippen LogP) is 3.85. The van der Waals surface area contributed by atoms with Crippen LogP contribution >= 0.6 is 22.9 Å². The molecule has 0 saturated heterocycles. The molecule has 2 rings (SSSR count). The third kappa shape index (κ3) is 2.93. The lowest BCUT2D eigenvalue weighted by Crippen LogP contribution is -2.27. The second kappa shape index (κ2) is 6.34. The number of nitrogens with zero attached hydrogens (tertiary/aromatic N) is 3. The Morgan fingerprint density at radius 1 is 1.33 bits per heavy atom. The summed E-state index contributed by atoms with van der Waals surface area (Å²) in [5.74, 6) is 1.65. The molecular formula is C13H18ClN3S. The van der Waals surface area contributed by atoms with Crippen molar-refractivity contribution in [3.63, 3.8) is 0 Å². The maximum absolute atomic E-state index is 5.90. The highest BCUT2D eigenvalue weighted by molar-refractivity contribution is 7.18. The van der Waals surface area contributed by atoms with Crippen LogP contribution in [0.15, 0.2) is 12.4 Å². The van der Waals surface area contributed by atoms with E-state index in [9.17, 15) is 0 Å². The van der Waals surface area contributed by atoms with Crippen LogP contribution in [0.4, 0.5) is 5.82 Å². The van der Waals surface area contributed by atoms with Gasteiger partial charge in [0.25, 0.3) is 0 Å². The molecule has 2 heterocycles. The third-order valence-corrected chi connectivity index (χ3v) is 3.99. The molecule has 0 amide bonds. The Morgan fingerprint density at radius 2 is 2.17 bits per heavy atom. The van der Waals surface area contributed by atoms with Gasteiger partial charge in [-0.1, -0.05) is 13.3 Å². The highest BCUT2D eigenvalue weighted by Gasteiger charge is 2.13. The number of unbranched alkanes of at least 4 members (excludes halogenated alkanes) is 1. The van der Waals surface area contributed by atoms with E-state index in [-0.39, 0.29) is 0 Å². The fourth-order valence-electron chi connectivity index (χ4n) is 1.99. The second-order valence-electron chi connectivity index (χ2n) is 4.30. The number of halogens is 1. The molecule has 18 heavy (non-hydrogen) atoms. The van der Waals surface area contributed by atoms with Crippen LogP contribution in [-0.2, 0) is 0 Å². The van der Waals surface area contributed by atoms with Gasteiger partial charge in [0.1, 0.15) is 17.0 Å². The van der Waals surface area contributed by atoms with Gasteiger partial charge in [0.15, 0.2) is 0 Å². The summed E-state index contributed by atoms with van der Waals surface area (Å²) in [6, 6.07) is 2.17. The number of alkyl halides is 1. The monoisotopic (exact) mass is 283 g/mol. The lowest BCUT2D eigenvalue weighted by atomic mass is 10.2. The molecule has 0 atom stereocenters. The van der Waals surface area contributed by atoms with Crippen LogP contribution in [0.3, 0.4) is 0 Å². The van der Waals surface area contributed by atoms with Crippen molar-refractivity contribution in [3.8, 4) is 0 Å². The first-order chi connectivity index (χ1) is 8.76. The number of aromatic nitrogens is 2. The average Bonchev–Trinajstić information content (AvgIpc) is 2.74. The summed E-state index contributed by atoms with van der Waals surface area (Å²) in [7, 11) is 0. The summed E-state index contributed by atoms with van der Waals surface area (Å²) in [6.07, 6.45) is 3.99. The zero-order valence-corrected chi connectivity index (χ0v) is 12.4. The van der Waals surface area contributed by atoms with Gasteiger partial charge in [0.05, 0.1) is 5.39 Å². The molecule has 0 N–H and O–H groups in total. The zero-order chi connectivity index (χ0) is 13.0. The van der Waals surface area contributed by atoms with Crippen LogP contribution in [0.1, 0.15) is 24.6 Å². The minimum atomic E-state index is 0.623. The van der Waals surface area contributed by atoms with Crippen molar-refractivity contribution in [2.75, 3.05) is 23.9 Å². The normalized spacial score (nSPS) is 11.1. The van der Waals surface area contributed by atoms with E-state index in [1.807, 2.05) is 0 Å². The van der Waals surface area contributed by atoms with E-state index in [4.69, 9.17) is 11.6 Å². The van der Waals surface area contributed by atoms with E-state index in [2.05, 4.69) is 34.8 Å². The summed E-state index contributed by atoms with van der Waals surface area (Å²) < 4.78 is 0. The number of fused-ring (bicyclic) bond motifs is 1. The maximum atomic E-state index is 5.90. The van der Waals surface area contributed by atoms with Crippen molar-refractivity contribution in [3.05, 3.63) is 17.3 Å². The third-order valence-electron chi connectivity index (χ3n) is 2.87.